The van der Waals surface area contributed by atoms with Gasteiger partial charge in [-0.15, -0.1) is 0 Å². The molecule has 0 spiro atoms. The first-order valence-electron chi connectivity index (χ1n) is 11.1. The molecule has 34 heavy (non-hydrogen) atoms. The van der Waals surface area contributed by atoms with Crippen LogP contribution in [0.25, 0.3) is 22.1 Å². The van der Waals surface area contributed by atoms with Crippen LogP contribution in [0, 0.1) is 13.8 Å². The van der Waals surface area contributed by atoms with Crippen LogP contribution in [0.15, 0.2) is 65.8 Å². The predicted molar refractivity (Wildman–Crippen MR) is 130 cm³/mol. The van der Waals surface area contributed by atoms with Crippen LogP contribution in [-0.4, -0.2) is 34.7 Å². The van der Waals surface area contributed by atoms with Crippen molar-refractivity contribution in [3.8, 4) is 0 Å². The molecule has 0 amide bonds. The van der Waals surface area contributed by atoms with Gasteiger partial charge in [-0.25, -0.2) is 9.78 Å². The van der Waals surface area contributed by atoms with E-state index in [4.69, 9.17) is 0 Å². The van der Waals surface area contributed by atoms with Gasteiger partial charge in [0.25, 0.3) is 0 Å². The molecule has 0 aliphatic carbocycles. The van der Waals surface area contributed by atoms with Gasteiger partial charge in [0.1, 0.15) is 0 Å². The van der Waals surface area contributed by atoms with Crippen molar-refractivity contribution in [3.05, 3.63) is 93.9 Å². The molecule has 0 aliphatic rings. The largest absolute Gasteiger partial charge is 0.481 e. The third-order valence-electron chi connectivity index (χ3n) is 6.33. The minimum Gasteiger partial charge on any atom is -0.481 e. The second-order valence-corrected chi connectivity index (χ2v) is 8.67. The number of aliphatic carboxylic acids is 1. The van der Waals surface area contributed by atoms with Crippen LogP contribution in [0.1, 0.15) is 34.8 Å². The number of imidazole rings is 1. The van der Waals surface area contributed by atoms with Gasteiger partial charge in [0.15, 0.2) is 5.65 Å². The molecule has 1 unspecified atom stereocenters. The zero-order valence-corrected chi connectivity index (χ0v) is 19.3. The maximum Gasteiger partial charge on any atom is 0.331 e. The molecule has 8 heteroatoms. The number of hydrogen-bond donors (Lipinski definition) is 1. The lowest BCUT2D eigenvalue weighted by atomic mass is 10.1. The lowest BCUT2D eigenvalue weighted by molar-refractivity contribution is -0.137. The Morgan fingerprint density at radius 3 is 2.65 bits per heavy atom. The summed E-state index contributed by atoms with van der Waals surface area (Å²) in [6.07, 6.45) is 5.02. The summed E-state index contributed by atoms with van der Waals surface area (Å²) < 4.78 is 5.26. The topological polar surface area (TPSA) is 94.9 Å². The summed E-state index contributed by atoms with van der Waals surface area (Å²) in [4.78, 5) is 34.5. The maximum atomic E-state index is 13.9. The molecule has 1 aromatic carbocycles. The van der Waals surface area contributed by atoms with E-state index < -0.39 is 12.0 Å². The normalized spacial score (nSPS) is 12.4. The van der Waals surface area contributed by atoms with Crippen LogP contribution in [0.2, 0.25) is 0 Å². The first kappa shape index (κ1) is 21.6. The van der Waals surface area contributed by atoms with Crippen molar-refractivity contribution in [2.24, 2.45) is 7.05 Å². The molecule has 5 rings (SSSR count). The molecule has 0 saturated heterocycles. The summed E-state index contributed by atoms with van der Waals surface area (Å²) in [5.74, 6) is -1.00. The van der Waals surface area contributed by atoms with Crippen LogP contribution >= 0.6 is 0 Å². The fourth-order valence-corrected chi connectivity index (χ4v) is 4.80. The number of carboxylic acids is 1. The number of fused-ring (bicyclic) bond motifs is 2. The van der Waals surface area contributed by atoms with Crippen LogP contribution < -0.4 is 5.69 Å². The van der Waals surface area contributed by atoms with Crippen molar-refractivity contribution < 1.29 is 9.90 Å². The highest BCUT2D eigenvalue weighted by Gasteiger charge is 2.26. The van der Waals surface area contributed by atoms with E-state index in [1.807, 2.05) is 38.4 Å². The summed E-state index contributed by atoms with van der Waals surface area (Å²) >= 11 is 0. The van der Waals surface area contributed by atoms with Gasteiger partial charge in [-0.3, -0.25) is 18.9 Å². The van der Waals surface area contributed by atoms with E-state index in [0.29, 0.717) is 23.3 Å². The highest BCUT2D eigenvalue weighted by Crippen LogP contribution is 2.28. The van der Waals surface area contributed by atoms with Crippen molar-refractivity contribution in [1.29, 1.82) is 0 Å². The Bertz CT molecular complexity index is 1590. The molecular formula is C26H25N5O3. The Morgan fingerprint density at radius 2 is 1.91 bits per heavy atom. The quantitative estimate of drug-likeness (QED) is 0.420. The highest BCUT2D eigenvalue weighted by molar-refractivity contribution is 5.87. The fourth-order valence-electron chi connectivity index (χ4n) is 4.80. The minimum absolute atomic E-state index is 0.256. The Labute approximate surface area is 195 Å². The summed E-state index contributed by atoms with van der Waals surface area (Å²) in [5, 5.41) is 10.8. The van der Waals surface area contributed by atoms with Crippen LogP contribution in [0.4, 0.5) is 0 Å². The number of nitrogens with zero attached hydrogens (tertiary/aromatic N) is 5. The van der Waals surface area contributed by atoms with Crippen molar-refractivity contribution in [1.82, 2.24) is 23.7 Å². The van der Waals surface area contributed by atoms with E-state index in [9.17, 15) is 14.7 Å². The molecular weight excluding hydrogens is 430 g/mol. The van der Waals surface area contributed by atoms with E-state index in [0.717, 1.165) is 27.7 Å². The summed E-state index contributed by atoms with van der Waals surface area (Å²) in [6.45, 7) is 4.27. The molecule has 0 aliphatic heterocycles. The van der Waals surface area contributed by atoms with Gasteiger partial charge in [0, 0.05) is 42.2 Å². The van der Waals surface area contributed by atoms with Crippen molar-refractivity contribution in [3.63, 3.8) is 0 Å². The second kappa shape index (κ2) is 8.30. The molecule has 5 aromatic rings. The Hall–Kier alpha value is -4.20. The first-order chi connectivity index (χ1) is 16.3. The standard InChI is InChI=1S/C26H25N5O3/c1-16-6-4-8-20-24(16)19(14-29(20)3)15-30-21-10-9-17(2)28-25(21)31(26(30)34)22(12-23(32)33)18-7-5-11-27-13-18/h4-11,13-14,22H,12,15H2,1-3H3,(H,32,33). The van der Waals surface area contributed by atoms with E-state index in [1.54, 1.807) is 29.1 Å². The fraction of sp³-hybridized carbons (Fsp3) is 0.231. The maximum absolute atomic E-state index is 13.9. The van der Waals surface area contributed by atoms with E-state index in [1.165, 1.54) is 4.57 Å². The molecule has 0 bridgehead atoms. The van der Waals surface area contributed by atoms with Crippen molar-refractivity contribution in [2.75, 3.05) is 0 Å². The highest BCUT2D eigenvalue weighted by atomic mass is 16.4. The van der Waals surface area contributed by atoms with Crippen LogP contribution in [-0.2, 0) is 18.4 Å². The number of rotatable bonds is 6. The number of carboxylic acid groups (broad SMARTS) is 1. The average Bonchev–Trinajstić information content (AvgIpc) is 3.27. The number of aryl methyl sites for hydroxylation is 3. The summed E-state index contributed by atoms with van der Waals surface area (Å²) in [7, 11) is 1.99. The first-order valence-corrected chi connectivity index (χ1v) is 11.1. The molecule has 8 nitrogen and oxygen atoms in total. The number of pyridine rings is 2. The van der Waals surface area contributed by atoms with Gasteiger partial charge >= 0.3 is 11.7 Å². The molecule has 1 N–H and O–H groups in total. The van der Waals surface area contributed by atoms with Gasteiger partial charge in [0.2, 0.25) is 0 Å². The smallest absolute Gasteiger partial charge is 0.331 e. The van der Waals surface area contributed by atoms with Gasteiger partial charge in [-0.2, -0.15) is 0 Å². The molecule has 0 saturated carbocycles. The Balaban J connectivity index is 1.75. The SMILES string of the molecule is Cc1ccc2c(n1)n(C(CC(=O)O)c1cccnc1)c(=O)n2Cc1cn(C)c2cccc(C)c12. The van der Waals surface area contributed by atoms with Crippen LogP contribution in [0.3, 0.4) is 0 Å². The number of benzene rings is 1. The number of hydrogen-bond acceptors (Lipinski definition) is 4. The zero-order valence-electron chi connectivity index (χ0n) is 19.3. The lowest BCUT2D eigenvalue weighted by Crippen LogP contribution is -2.30. The van der Waals surface area contributed by atoms with E-state index in [-0.39, 0.29) is 12.1 Å². The average molecular weight is 456 g/mol. The monoisotopic (exact) mass is 455 g/mol. The molecule has 172 valence electrons. The summed E-state index contributed by atoms with van der Waals surface area (Å²) in [5.41, 5.74) is 5.49. The van der Waals surface area contributed by atoms with Gasteiger partial charge in [-0.1, -0.05) is 18.2 Å². The molecule has 4 heterocycles. The van der Waals surface area contributed by atoms with Crippen molar-refractivity contribution >= 4 is 28.0 Å². The second-order valence-electron chi connectivity index (χ2n) is 8.67. The predicted octanol–water partition coefficient (Wildman–Crippen LogP) is 3.81. The zero-order chi connectivity index (χ0) is 24.0. The third-order valence-corrected chi connectivity index (χ3v) is 6.33. The lowest BCUT2D eigenvalue weighted by Gasteiger charge is -2.16. The van der Waals surface area contributed by atoms with Gasteiger partial charge < -0.3 is 9.67 Å². The van der Waals surface area contributed by atoms with Crippen molar-refractivity contribution in [2.45, 2.75) is 32.9 Å². The molecule has 1 atom stereocenters. The van der Waals surface area contributed by atoms with Gasteiger partial charge in [-0.05, 0) is 54.8 Å². The molecule has 0 radical (unpaired) electrons. The van der Waals surface area contributed by atoms with Gasteiger partial charge in [0.05, 0.1) is 24.5 Å². The van der Waals surface area contributed by atoms with E-state index >= 15 is 0 Å². The third kappa shape index (κ3) is 3.57. The summed E-state index contributed by atoms with van der Waals surface area (Å²) in [6, 6.07) is 12.7. The number of carbonyl (C=O) groups is 1. The Kier molecular flexibility index (Phi) is 5.28. The van der Waals surface area contributed by atoms with E-state index in [2.05, 4.69) is 33.6 Å². The number of aromatic nitrogens is 5. The molecule has 0 fully saturated rings. The molecule has 4 aromatic heterocycles. The van der Waals surface area contributed by atoms with Crippen LogP contribution in [0.5, 0.6) is 0 Å². The Morgan fingerprint density at radius 1 is 1.09 bits per heavy atom. The minimum atomic E-state index is -1.00.